The predicted molar refractivity (Wildman–Crippen MR) is 142 cm³/mol. The van der Waals surface area contributed by atoms with Gasteiger partial charge in [-0.1, -0.05) is 52.6 Å². The van der Waals surface area contributed by atoms with Crippen molar-refractivity contribution in [2.75, 3.05) is 5.32 Å². The van der Waals surface area contributed by atoms with Gasteiger partial charge in [-0.15, -0.1) is 0 Å². The summed E-state index contributed by atoms with van der Waals surface area (Å²) in [4.78, 5) is 17.1. The SMILES string of the molecule is CC(c1ccc(CC(=O)Nc2cc(Cl)c(C3(c4nc(-c5ccc(F)c(F)c5)no4)CC3)c(Cl)c2)cc1)S(=O)[O-]. The van der Waals surface area contributed by atoms with E-state index < -0.39 is 33.4 Å². The summed E-state index contributed by atoms with van der Waals surface area (Å²) in [5, 5.41) is 6.65. The van der Waals surface area contributed by atoms with Crippen LogP contribution >= 0.6 is 23.2 Å². The van der Waals surface area contributed by atoms with Gasteiger partial charge in [-0.2, -0.15) is 4.98 Å². The van der Waals surface area contributed by atoms with Crippen LogP contribution in [0.4, 0.5) is 14.5 Å². The van der Waals surface area contributed by atoms with Crippen molar-refractivity contribution < 1.29 is 26.9 Å². The van der Waals surface area contributed by atoms with Gasteiger partial charge in [0.25, 0.3) is 0 Å². The van der Waals surface area contributed by atoms with Crippen LogP contribution in [0, 0.1) is 11.6 Å². The van der Waals surface area contributed by atoms with E-state index >= 15 is 0 Å². The molecule has 2 atom stereocenters. The number of anilines is 1. The number of amides is 1. The van der Waals surface area contributed by atoms with E-state index in [0.717, 1.165) is 12.1 Å². The van der Waals surface area contributed by atoms with E-state index in [4.69, 9.17) is 27.7 Å². The smallest absolute Gasteiger partial charge is 0.237 e. The summed E-state index contributed by atoms with van der Waals surface area (Å²) in [5.74, 6) is -1.95. The average Bonchev–Trinajstić information content (AvgIpc) is 3.51. The van der Waals surface area contributed by atoms with Crippen LogP contribution in [0.15, 0.2) is 59.1 Å². The number of benzene rings is 3. The number of aromatic nitrogens is 2. The maximum Gasteiger partial charge on any atom is 0.237 e. The zero-order valence-corrected chi connectivity index (χ0v) is 22.7. The minimum absolute atomic E-state index is 0.0603. The number of hydrogen-bond acceptors (Lipinski definition) is 6. The lowest BCUT2D eigenvalue weighted by Gasteiger charge is -2.17. The largest absolute Gasteiger partial charge is 0.772 e. The molecule has 0 radical (unpaired) electrons. The third-order valence-corrected chi connectivity index (χ3v) is 8.12. The molecule has 1 aliphatic carbocycles. The highest BCUT2D eigenvalue weighted by Gasteiger charge is 2.53. The average molecular weight is 591 g/mol. The lowest BCUT2D eigenvalue weighted by atomic mass is 9.95. The second kappa shape index (κ2) is 10.8. The molecule has 0 bridgehead atoms. The Morgan fingerprint density at radius 1 is 1.10 bits per heavy atom. The number of nitrogens with zero attached hydrogens (tertiary/aromatic N) is 2. The molecule has 12 heteroatoms. The highest BCUT2D eigenvalue weighted by atomic mass is 35.5. The Labute approximate surface area is 234 Å². The van der Waals surface area contributed by atoms with E-state index in [2.05, 4.69) is 15.5 Å². The van der Waals surface area contributed by atoms with Gasteiger partial charge in [0.15, 0.2) is 11.6 Å². The molecule has 3 aromatic carbocycles. The molecule has 0 saturated heterocycles. The number of rotatable bonds is 8. The van der Waals surface area contributed by atoms with Gasteiger partial charge in [-0.05, 0) is 72.3 Å². The third kappa shape index (κ3) is 5.60. The van der Waals surface area contributed by atoms with E-state index in [0.29, 0.717) is 45.3 Å². The Morgan fingerprint density at radius 2 is 1.77 bits per heavy atom. The quantitative estimate of drug-likeness (QED) is 0.234. The van der Waals surface area contributed by atoms with Crippen molar-refractivity contribution in [3.63, 3.8) is 0 Å². The molecule has 1 heterocycles. The zero-order valence-electron chi connectivity index (χ0n) is 20.3. The molecule has 1 amide bonds. The van der Waals surface area contributed by atoms with Crippen LogP contribution in [-0.4, -0.2) is 24.8 Å². The number of carbonyl (C=O) groups excluding carboxylic acids is 1. The summed E-state index contributed by atoms with van der Waals surface area (Å²) in [6, 6.07) is 13.3. The minimum atomic E-state index is -2.23. The van der Waals surface area contributed by atoms with Crippen LogP contribution in [0.2, 0.25) is 10.0 Å². The molecule has 39 heavy (non-hydrogen) atoms. The third-order valence-electron chi connectivity index (χ3n) is 6.67. The van der Waals surface area contributed by atoms with Crippen molar-refractivity contribution >= 4 is 45.9 Å². The van der Waals surface area contributed by atoms with E-state index in [9.17, 15) is 22.3 Å². The van der Waals surface area contributed by atoms with E-state index in [1.807, 2.05) is 0 Å². The van der Waals surface area contributed by atoms with Crippen LogP contribution in [0.25, 0.3) is 11.4 Å². The number of carbonyl (C=O) groups is 1. The van der Waals surface area contributed by atoms with Gasteiger partial charge < -0.3 is 14.4 Å². The molecular formula is C27H20Cl2F2N3O4S-. The van der Waals surface area contributed by atoms with Crippen molar-refractivity contribution in [2.24, 2.45) is 0 Å². The summed E-state index contributed by atoms with van der Waals surface area (Å²) < 4.78 is 54.7. The summed E-state index contributed by atoms with van der Waals surface area (Å²) in [7, 11) is 0. The van der Waals surface area contributed by atoms with Crippen LogP contribution < -0.4 is 5.32 Å². The van der Waals surface area contributed by atoms with Crippen molar-refractivity contribution in [2.45, 2.75) is 36.9 Å². The van der Waals surface area contributed by atoms with Gasteiger partial charge in [0.2, 0.25) is 17.6 Å². The van der Waals surface area contributed by atoms with Gasteiger partial charge in [0, 0.05) is 32.1 Å². The fourth-order valence-electron chi connectivity index (χ4n) is 4.38. The molecule has 5 rings (SSSR count). The molecule has 7 nitrogen and oxygen atoms in total. The van der Waals surface area contributed by atoms with Crippen LogP contribution in [0.3, 0.4) is 0 Å². The Morgan fingerprint density at radius 3 is 2.36 bits per heavy atom. The monoisotopic (exact) mass is 590 g/mol. The summed E-state index contributed by atoms with van der Waals surface area (Å²) in [6.07, 6.45) is 1.32. The standard InChI is InChI=1S/C27H21Cl2F2N3O4S/c1-14(39(36)37)16-4-2-15(3-5-16)10-23(35)32-18-12-19(28)24(20(29)13-18)27(8-9-27)26-33-25(34-38-26)17-6-7-21(30)22(31)11-17/h2-7,11-14H,8-10H2,1H3,(H,32,35)(H,36,37)/p-1. The first-order valence-corrected chi connectivity index (χ1v) is 13.7. The summed E-state index contributed by atoms with van der Waals surface area (Å²) in [5.41, 5.74) is 1.85. The first-order chi connectivity index (χ1) is 18.6. The molecule has 1 aromatic heterocycles. The van der Waals surface area contributed by atoms with Gasteiger partial charge in [0.1, 0.15) is 0 Å². The Balaban J connectivity index is 1.31. The fourth-order valence-corrected chi connectivity index (χ4v) is 5.60. The topological polar surface area (TPSA) is 108 Å². The van der Waals surface area contributed by atoms with Crippen molar-refractivity contribution in [1.82, 2.24) is 10.1 Å². The van der Waals surface area contributed by atoms with E-state index in [1.165, 1.54) is 6.07 Å². The Hall–Kier alpha value is -3.18. The normalized spacial score (nSPS) is 15.5. The van der Waals surface area contributed by atoms with Gasteiger partial charge >= 0.3 is 0 Å². The zero-order chi connectivity index (χ0) is 27.9. The first-order valence-electron chi connectivity index (χ1n) is 11.8. The predicted octanol–water partition coefficient (Wildman–Crippen LogP) is 6.52. The molecular weight excluding hydrogens is 571 g/mol. The molecule has 1 saturated carbocycles. The maximum atomic E-state index is 13.7. The molecule has 4 aromatic rings. The lowest BCUT2D eigenvalue weighted by Crippen LogP contribution is -2.16. The lowest BCUT2D eigenvalue weighted by molar-refractivity contribution is -0.115. The molecule has 0 aliphatic heterocycles. The number of halogens is 4. The van der Waals surface area contributed by atoms with Crippen LogP contribution in [-0.2, 0) is 27.7 Å². The van der Waals surface area contributed by atoms with E-state index in [1.54, 1.807) is 43.3 Å². The van der Waals surface area contributed by atoms with Crippen LogP contribution in [0.1, 0.15) is 47.6 Å². The van der Waals surface area contributed by atoms with E-state index in [-0.39, 0.29) is 29.6 Å². The molecule has 1 fully saturated rings. The molecule has 0 spiro atoms. The molecule has 2 unspecified atom stereocenters. The Bertz CT molecular complexity index is 1570. The highest BCUT2D eigenvalue weighted by Crippen LogP contribution is 2.57. The van der Waals surface area contributed by atoms with Crippen molar-refractivity contribution in [3.8, 4) is 11.4 Å². The maximum absolute atomic E-state index is 13.7. The Kier molecular flexibility index (Phi) is 7.56. The summed E-state index contributed by atoms with van der Waals surface area (Å²) >= 11 is 11.0. The van der Waals surface area contributed by atoms with Gasteiger partial charge in [-0.25, -0.2) is 8.78 Å². The van der Waals surface area contributed by atoms with Crippen molar-refractivity contribution in [1.29, 1.82) is 0 Å². The first kappa shape index (κ1) is 27.4. The second-order valence-electron chi connectivity index (χ2n) is 9.32. The van der Waals surface area contributed by atoms with Crippen LogP contribution in [0.5, 0.6) is 0 Å². The van der Waals surface area contributed by atoms with Gasteiger partial charge in [0.05, 0.1) is 11.8 Å². The van der Waals surface area contributed by atoms with Crippen molar-refractivity contribution in [3.05, 3.63) is 98.9 Å². The van der Waals surface area contributed by atoms with Gasteiger partial charge in [-0.3, -0.25) is 9.00 Å². The highest BCUT2D eigenvalue weighted by molar-refractivity contribution is 7.79. The summed E-state index contributed by atoms with van der Waals surface area (Å²) in [6.45, 7) is 1.58. The second-order valence-corrected chi connectivity index (χ2v) is 11.4. The number of nitrogens with one attached hydrogen (secondary N) is 1. The number of hydrogen-bond donors (Lipinski definition) is 1. The minimum Gasteiger partial charge on any atom is -0.772 e. The fraction of sp³-hybridized carbons (Fsp3) is 0.222. The molecule has 202 valence electrons. The molecule has 1 N–H and O–H groups in total. The molecule has 1 aliphatic rings.